The number of benzene rings is 3. The Morgan fingerprint density at radius 2 is 1.76 bits per heavy atom. The lowest BCUT2D eigenvalue weighted by molar-refractivity contribution is -0.121. The number of amides is 1. The summed E-state index contributed by atoms with van der Waals surface area (Å²) in [4.78, 5) is 17.3. The van der Waals surface area contributed by atoms with Crippen LogP contribution < -0.4 is 10.1 Å². The van der Waals surface area contributed by atoms with E-state index in [1.807, 2.05) is 60.7 Å². The Labute approximate surface area is 226 Å². The fourth-order valence-electron chi connectivity index (χ4n) is 3.72. The van der Waals surface area contributed by atoms with Crippen molar-refractivity contribution in [3.8, 4) is 17.1 Å². The van der Waals surface area contributed by atoms with Crippen molar-refractivity contribution in [2.24, 2.45) is 0 Å². The topological polar surface area (TPSA) is 117 Å². The van der Waals surface area contributed by atoms with Gasteiger partial charge in [-0.05, 0) is 30.2 Å². The van der Waals surface area contributed by atoms with Crippen molar-refractivity contribution >= 4 is 27.7 Å². The summed E-state index contributed by atoms with van der Waals surface area (Å²) in [7, 11) is -2.62. The quantitative estimate of drug-likeness (QED) is 0.203. The molecule has 1 heterocycles. The van der Waals surface area contributed by atoms with Crippen LogP contribution in [-0.4, -0.2) is 59.8 Å². The fourth-order valence-corrected chi connectivity index (χ4v) is 6.00. The van der Waals surface area contributed by atoms with Gasteiger partial charge in [-0.1, -0.05) is 78.5 Å². The van der Waals surface area contributed by atoms with Gasteiger partial charge in [0.2, 0.25) is 21.1 Å². The molecule has 0 aliphatic rings. The minimum absolute atomic E-state index is 0.0260. The van der Waals surface area contributed by atoms with E-state index in [-0.39, 0.29) is 23.7 Å². The van der Waals surface area contributed by atoms with E-state index in [0.29, 0.717) is 23.3 Å². The van der Waals surface area contributed by atoms with Crippen LogP contribution in [0.1, 0.15) is 11.1 Å². The van der Waals surface area contributed by atoms with Gasteiger partial charge in [0, 0.05) is 24.4 Å². The molecule has 38 heavy (non-hydrogen) atoms. The summed E-state index contributed by atoms with van der Waals surface area (Å²) in [6.45, 7) is 1.84. The Balaban J connectivity index is 1.40. The van der Waals surface area contributed by atoms with E-state index >= 15 is 0 Å². The normalized spacial score (nSPS) is 11.4. The van der Waals surface area contributed by atoms with Crippen molar-refractivity contribution in [2.45, 2.75) is 23.5 Å². The lowest BCUT2D eigenvalue weighted by Gasteiger charge is -2.23. The number of nitrogens with one attached hydrogen (secondary N) is 2. The van der Waals surface area contributed by atoms with E-state index in [2.05, 4.69) is 20.5 Å². The van der Waals surface area contributed by atoms with Gasteiger partial charge in [0.25, 0.3) is 0 Å². The van der Waals surface area contributed by atoms with Crippen LogP contribution in [0.25, 0.3) is 11.4 Å². The first-order chi connectivity index (χ1) is 18.4. The minimum Gasteiger partial charge on any atom is -0.495 e. The van der Waals surface area contributed by atoms with Crippen LogP contribution in [0.15, 0.2) is 88.9 Å². The van der Waals surface area contributed by atoms with E-state index in [1.54, 1.807) is 25.1 Å². The maximum absolute atomic E-state index is 13.7. The number of aromatic nitrogens is 3. The number of H-pyrrole nitrogens is 1. The summed E-state index contributed by atoms with van der Waals surface area (Å²) < 4.78 is 33.9. The number of ether oxygens (including phenoxy) is 1. The maximum atomic E-state index is 13.7. The first kappa shape index (κ1) is 27.4. The van der Waals surface area contributed by atoms with Gasteiger partial charge in [-0.25, -0.2) is 13.4 Å². The van der Waals surface area contributed by atoms with Gasteiger partial charge in [-0.2, -0.15) is 4.31 Å². The molecule has 0 atom stereocenters. The Morgan fingerprint density at radius 1 is 1.05 bits per heavy atom. The highest BCUT2D eigenvalue weighted by molar-refractivity contribution is 7.99. The third-order valence-corrected chi connectivity index (χ3v) is 8.29. The molecule has 1 amide bonds. The molecular weight excluding hydrogens is 522 g/mol. The van der Waals surface area contributed by atoms with Crippen LogP contribution >= 0.6 is 11.8 Å². The van der Waals surface area contributed by atoms with Gasteiger partial charge in [0.05, 0.1) is 13.7 Å². The molecule has 0 radical (unpaired) electrons. The molecule has 0 aliphatic carbocycles. The molecule has 0 saturated heterocycles. The third-order valence-electron chi connectivity index (χ3n) is 5.63. The molecule has 0 aliphatic heterocycles. The first-order valence-corrected chi connectivity index (χ1v) is 14.4. The highest BCUT2D eigenvalue weighted by Gasteiger charge is 2.30. The number of nitrogens with zero attached hydrogens (tertiary/aromatic N) is 3. The largest absolute Gasteiger partial charge is 0.495 e. The van der Waals surface area contributed by atoms with Gasteiger partial charge in [0.1, 0.15) is 10.6 Å². The van der Waals surface area contributed by atoms with Crippen LogP contribution in [0.2, 0.25) is 0 Å². The monoisotopic (exact) mass is 551 g/mol. The Hall–Kier alpha value is -3.67. The van der Waals surface area contributed by atoms with E-state index in [1.165, 1.54) is 23.2 Å². The molecule has 3 aromatic carbocycles. The molecule has 0 spiro atoms. The number of carbonyl (C=O) groups is 1. The molecule has 2 N–H and O–H groups in total. The number of sulfonamides is 1. The predicted molar refractivity (Wildman–Crippen MR) is 147 cm³/mol. The van der Waals surface area contributed by atoms with E-state index in [0.717, 1.165) is 16.7 Å². The first-order valence-electron chi connectivity index (χ1n) is 11.9. The van der Waals surface area contributed by atoms with Crippen LogP contribution in [-0.2, 0) is 21.4 Å². The average molecular weight is 552 g/mol. The summed E-state index contributed by atoms with van der Waals surface area (Å²) in [6.07, 6.45) is 0. The zero-order chi connectivity index (χ0) is 27.0. The molecule has 0 fully saturated rings. The molecule has 4 rings (SSSR count). The van der Waals surface area contributed by atoms with Crippen molar-refractivity contribution < 1.29 is 17.9 Å². The number of thioether (sulfide) groups is 1. The second-order valence-corrected chi connectivity index (χ2v) is 11.4. The molecule has 198 valence electrons. The van der Waals surface area contributed by atoms with Crippen LogP contribution in [0.4, 0.5) is 0 Å². The fraction of sp³-hybridized carbons (Fsp3) is 0.222. The van der Waals surface area contributed by atoms with Gasteiger partial charge < -0.3 is 10.1 Å². The standard InChI is InChI=1S/C27H29N5O4S2/c1-20-13-14-23(36-2)24(17-20)38(34,35)32(18-21-9-5-3-6-10-21)19-25(33)28-15-16-37-27-29-26(30-31-27)22-11-7-4-8-12-22/h3-14,17H,15-16,18-19H2,1-2H3,(H,28,33)(H,29,30,31). The number of rotatable bonds is 12. The molecule has 9 nitrogen and oxygen atoms in total. The van der Waals surface area contributed by atoms with Gasteiger partial charge in [0.15, 0.2) is 5.82 Å². The molecule has 0 saturated carbocycles. The third kappa shape index (κ3) is 7.00. The summed E-state index contributed by atoms with van der Waals surface area (Å²) >= 11 is 1.39. The number of hydrogen-bond acceptors (Lipinski definition) is 7. The number of carbonyl (C=O) groups excluding carboxylic acids is 1. The van der Waals surface area contributed by atoms with Crippen LogP contribution in [0.5, 0.6) is 5.75 Å². The lowest BCUT2D eigenvalue weighted by Crippen LogP contribution is -2.41. The zero-order valence-corrected chi connectivity index (χ0v) is 22.8. The molecular formula is C27H29N5O4S2. The summed E-state index contributed by atoms with van der Waals surface area (Å²) in [6, 6.07) is 23.8. The Bertz CT molecular complexity index is 1460. The summed E-state index contributed by atoms with van der Waals surface area (Å²) in [5, 5.41) is 10.5. The van der Waals surface area contributed by atoms with Crippen molar-refractivity contribution in [1.29, 1.82) is 0 Å². The number of hydrogen-bond donors (Lipinski definition) is 2. The minimum atomic E-state index is -4.04. The second-order valence-electron chi connectivity index (χ2n) is 8.44. The number of methoxy groups -OCH3 is 1. The molecule has 0 bridgehead atoms. The van der Waals surface area contributed by atoms with Crippen LogP contribution in [0, 0.1) is 6.92 Å². The van der Waals surface area contributed by atoms with Gasteiger partial charge in [-0.15, -0.1) is 5.10 Å². The SMILES string of the molecule is COc1ccc(C)cc1S(=O)(=O)N(CC(=O)NCCSc1n[nH]c(-c2ccccc2)n1)Cc1ccccc1. The molecule has 1 aromatic heterocycles. The summed E-state index contributed by atoms with van der Waals surface area (Å²) in [5.41, 5.74) is 2.47. The molecule has 11 heteroatoms. The predicted octanol–water partition coefficient (Wildman–Crippen LogP) is 3.89. The second kappa shape index (κ2) is 12.7. The highest BCUT2D eigenvalue weighted by Crippen LogP contribution is 2.28. The number of aryl methyl sites for hydroxylation is 1. The average Bonchev–Trinajstić information content (AvgIpc) is 3.41. The van der Waals surface area contributed by atoms with Crippen molar-refractivity contribution in [3.63, 3.8) is 0 Å². The van der Waals surface area contributed by atoms with Crippen molar-refractivity contribution in [2.75, 3.05) is 26.0 Å². The smallest absolute Gasteiger partial charge is 0.247 e. The lowest BCUT2D eigenvalue weighted by atomic mass is 10.2. The molecule has 0 unspecified atom stereocenters. The van der Waals surface area contributed by atoms with E-state index in [9.17, 15) is 13.2 Å². The zero-order valence-electron chi connectivity index (χ0n) is 21.1. The van der Waals surface area contributed by atoms with E-state index < -0.39 is 15.9 Å². The van der Waals surface area contributed by atoms with Gasteiger partial charge in [-0.3, -0.25) is 9.89 Å². The Morgan fingerprint density at radius 3 is 2.47 bits per heavy atom. The summed E-state index contributed by atoms with van der Waals surface area (Å²) in [5.74, 6) is 1.02. The Kier molecular flexibility index (Phi) is 9.16. The van der Waals surface area contributed by atoms with Crippen molar-refractivity contribution in [3.05, 3.63) is 90.0 Å². The molecule has 4 aromatic rings. The highest BCUT2D eigenvalue weighted by atomic mass is 32.2. The van der Waals surface area contributed by atoms with Crippen molar-refractivity contribution in [1.82, 2.24) is 24.8 Å². The van der Waals surface area contributed by atoms with Crippen LogP contribution in [0.3, 0.4) is 0 Å². The van der Waals surface area contributed by atoms with Gasteiger partial charge >= 0.3 is 0 Å². The van der Waals surface area contributed by atoms with E-state index in [4.69, 9.17) is 4.74 Å². The number of aromatic amines is 1. The maximum Gasteiger partial charge on any atom is 0.247 e.